The summed E-state index contributed by atoms with van der Waals surface area (Å²) in [4.78, 5) is 22.7. The maximum atomic E-state index is 11.7. The minimum absolute atomic E-state index is 0.0671. The van der Waals surface area contributed by atoms with Gasteiger partial charge in [0.25, 0.3) is 0 Å². The predicted molar refractivity (Wildman–Crippen MR) is 59.0 cm³/mol. The third-order valence-corrected chi connectivity index (χ3v) is 2.93. The van der Waals surface area contributed by atoms with Crippen molar-refractivity contribution in [3.8, 4) is 0 Å². The number of carbonyl (C=O) groups excluding carboxylic acids is 2. The third kappa shape index (κ3) is 2.46. The van der Waals surface area contributed by atoms with Gasteiger partial charge < -0.3 is 15.2 Å². The van der Waals surface area contributed by atoms with Crippen LogP contribution in [0.5, 0.6) is 0 Å². The highest BCUT2D eigenvalue weighted by molar-refractivity contribution is 5.90. The average molecular weight is 237 g/mol. The maximum Gasteiger partial charge on any atom is 0.242 e. The molecule has 92 valence electrons. The molecule has 0 radical (unpaired) electrons. The molecule has 1 aromatic heterocycles. The Balaban J connectivity index is 1.90. The van der Waals surface area contributed by atoms with Crippen LogP contribution in [0.4, 0.5) is 0 Å². The van der Waals surface area contributed by atoms with Crippen molar-refractivity contribution >= 4 is 11.8 Å². The van der Waals surface area contributed by atoms with Crippen molar-refractivity contribution in [1.82, 2.24) is 15.8 Å². The van der Waals surface area contributed by atoms with Crippen LogP contribution < -0.4 is 10.6 Å². The van der Waals surface area contributed by atoms with Crippen LogP contribution >= 0.6 is 0 Å². The summed E-state index contributed by atoms with van der Waals surface area (Å²) in [5.41, 5.74) is 1.67. The Labute approximate surface area is 98.7 Å². The first-order valence-electron chi connectivity index (χ1n) is 5.56. The fourth-order valence-corrected chi connectivity index (χ4v) is 1.86. The van der Waals surface area contributed by atoms with E-state index in [-0.39, 0.29) is 11.8 Å². The molecule has 6 heteroatoms. The van der Waals surface area contributed by atoms with Gasteiger partial charge in [-0.15, -0.1) is 0 Å². The van der Waals surface area contributed by atoms with Gasteiger partial charge in [-0.1, -0.05) is 5.16 Å². The molecule has 1 atom stereocenters. The number of aromatic nitrogens is 1. The van der Waals surface area contributed by atoms with Gasteiger partial charge in [-0.05, 0) is 20.3 Å². The minimum Gasteiger partial charge on any atom is -0.361 e. The molecular weight excluding hydrogens is 222 g/mol. The van der Waals surface area contributed by atoms with Crippen LogP contribution in [-0.4, -0.2) is 23.0 Å². The summed E-state index contributed by atoms with van der Waals surface area (Å²) in [6, 6.07) is -0.400. The molecule has 0 bridgehead atoms. The lowest BCUT2D eigenvalue weighted by Crippen LogP contribution is -2.41. The highest BCUT2D eigenvalue weighted by Crippen LogP contribution is 2.12. The van der Waals surface area contributed by atoms with E-state index in [2.05, 4.69) is 15.8 Å². The summed E-state index contributed by atoms with van der Waals surface area (Å²) >= 11 is 0. The van der Waals surface area contributed by atoms with Crippen molar-refractivity contribution in [2.24, 2.45) is 0 Å². The molecule has 0 spiro atoms. The van der Waals surface area contributed by atoms with Gasteiger partial charge in [0.2, 0.25) is 11.8 Å². The Hall–Kier alpha value is -1.85. The molecule has 0 saturated carbocycles. The molecule has 17 heavy (non-hydrogen) atoms. The Morgan fingerprint density at radius 2 is 2.35 bits per heavy atom. The predicted octanol–water partition coefficient (Wildman–Crippen LogP) is 0.186. The van der Waals surface area contributed by atoms with E-state index in [1.165, 1.54) is 0 Å². The summed E-state index contributed by atoms with van der Waals surface area (Å²) < 4.78 is 5.00. The molecule has 1 aliphatic rings. The lowest BCUT2D eigenvalue weighted by Gasteiger charge is -2.10. The van der Waals surface area contributed by atoms with Crippen LogP contribution in [0.15, 0.2) is 4.52 Å². The zero-order valence-corrected chi connectivity index (χ0v) is 9.87. The number of nitrogens with one attached hydrogen (secondary N) is 2. The van der Waals surface area contributed by atoms with Gasteiger partial charge in [-0.25, -0.2) is 0 Å². The summed E-state index contributed by atoms with van der Waals surface area (Å²) in [5, 5.41) is 9.21. The van der Waals surface area contributed by atoms with Crippen LogP contribution in [0.25, 0.3) is 0 Å². The van der Waals surface area contributed by atoms with Crippen LogP contribution in [-0.2, 0) is 16.1 Å². The molecule has 1 fully saturated rings. The van der Waals surface area contributed by atoms with E-state index in [0.717, 1.165) is 11.3 Å². The molecule has 1 unspecified atom stereocenters. The topological polar surface area (TPSA) is 84.2 Å². The Morgan fingerprint density at radius 1 is 1.59 bits per heavy atom. The average Bonchev–Trinajstić information content (AvgIpc) is 2.84. The van der Waals surface area contributed by atoms with E-state index >= 15 is 0 Å². The first-order chi connectivity index (χ1) is 8.08. The van der Waals surface area contributed by atoms with Gasteiger partial charge in [0, 0.05) is 18.5 Å². The molecule has 2 N–H and O–H groups in total. The largest absolute Gasteiger partial charge is 0.361 e. The Kier molecular flexibility index (Phi) is 3.12. The molecule has 6 nitrogen and oxygen atoms in total. The molecule has 2 rings (SSSR count). The molecule has 0 aliphatic carbocycles. The number of nitrogens with zero attached hydrogens (tertiary/aromatic N) is 1. The maximum absolute atomic E-state index is 11.7. The highest BCUT2D eigenvalue weighted by atomic mass is 16.5. The zero-order valence-electron chi connectivity index (χ0n) is 9.87. The smallest absolute Gasteiger partial charge is 0.242 e. The molecule has 2 heterocycles. The quantitative estimate of drug-likeness (QED) is 0.785. The second kappa shape index (κ2) is 4.57. The second-order valence-corrected chi connectivity index (χ2v) is 4.18. The van der Waals surface area contributed by atoms with E-state index < -0.39 is 6.04 Å². The summed E-state index contributed by atoms with van der Waals surface area (Å²) in [7, 11) is 0. The van der Waals surface area contributed by atoms with Crippen molar-refractivity contribution in [3.05, 3.63) is 17.0 Å². The van der Waals surface area contributed by atoms with Gasteiger partial charge in [0.15, 0.2) is 0 Å². The van der Waals surface area contributed by atoms with E-state index in [1.807, 2.05) is 6.92 Å². The lowest BCUT2D eigenvalue weighted by molar-refractivity contribution is -0.125. The van der Waals surface area contributed by atoms with Crippen molar-refractivity contribution in [1.29, 1.82) is 0 Å². The monoisotopic (exact) mass is 237 g/mol. The molecule has 1 saturated heterocycles. The van der Waals surface area contributed by atoms with E-state index in [0.29, 0.717) is 25.1 Å². The number of hydrogen-bond acceptors (Lipinski definition) is 4. The fraction of sp³-hybridized carbons (Fsp3) is 0.545. The molecule has 0 aromatic carbocycles. The first kappa shape index (κ1) is 11.6. The minimum atomic E-state index is -0.400. The lowest BCUT2D eigenvalue weighted by atomic mass is 10.2. The molecule has 2 amide bonds. The number of amides is 2. The van der Waals surface area contributed by atoms with Crippen LogP contribution in [0.2, 0.25) is 0 Å². The van der Waals surface area contributed by atoms with Gasteiger partial charge in [-0.3, -0.25) is 9.59 Å². The van der Waals surface area contributed by atoms with Crippen LogP contribution in [0.1, 0.15) is 29.9 Å². The second-order valence-electron chi connectivity index (χ2n) is 4.18. The van der Waals surface area contributed by atoms with E-state index in [4.69, 9.17) is 4.52 Å². The summed E-state index contributed by atoms with van der Waals surface area (Å²) in [6.45, 7) is 4.01. The normalized spacial score (nSPS) is 19.2. The standard InChI is InChI=1S/C11H15N3O3/c1-6-8(7(2)17-14-6)5-12-11(16)9-3-4-10(15)13-9/h9H,3-5H2,1-2H3,(H,12,16)(H,13,15). The number of hydrogen-bond donors (Lipinski definition) is 2. The van der Waals surface area contributed by atoms with Crippen molar-refractivity contribution < 1.29 is 14.1 Å². The van der Waals surface area contributed by atoms with Crippen molar-refractivity contribution in [2.45, 2.75) is 39.3 Å². The number of rotatable bonds is 3. The third-order valence-electron chi connectivity index (χ3n) is 2.93. The van der Waals surface area contributed by atoms with Crippen molar-refractivity contribution in [2.75, 3.05) is 0 Å². The van der Waals surface area contributed by atoms with Gasteiger partial charge in [0.1, 0.15) is 11.8 Å². The molecule has 1 aromatic rings. The molecule has 1 aliphatic heterocycles. The fourth-order valence-electron chi connectivity index (χ4n) is 1.86. The Bertz CT molecular complexity index is 433. The Morgan fingerprint density at radius 3 is 2.88 bits per heavy atom. The zero-order chi connectivity index (χ0) is 12.4. The van der Waals surface area contributed by atoms with E-state index in [1.54, 1.807) is 6.92 Å². The SMILES string of the molecule is Cc1noc(C)c1CNC(=O)C1CCC(=O)N1. The highest BCUT2D eigenvalue weighted by Gasteiger charge is 2.27. The summed E-state index contributed by atoms with van der Waals surface area (Å²) in [6.07, 6.45) is 0.982. The van der Waals surface area contributed by atoms with Crippen molar-refractivity contribution in [3.63, 3.8) is 0 Å². The van der Waals surface area contributed by atoms with Gasteiger partial charge in [0.05, 0.1) is 5.69 Å². The van der Waals surface area contributed by atoms with E-state index in [9.17, 15) is 9.59 Å². The first-order valence-corrected chi connectivity index (χ1v) is 5.56. The van der Waals surface area contributed by atoms with Gasteiger partial charge in [-0.2, -0.15) is 0 Å². The van der Waals surface area contributed by atoms with Gasteiger partial charge >= 0.3 is 0 Å². The van der Waals surface area contributed by atoms with Crippen LogP contribution in [0.3, 0.4) is 0 Å². The van der Waals surface area contributed by atoms with Crippen LogP contribution in [0, 0.1) is 13.8 Å². The number of aryl methyl sites for hydroxylation is 2. The molecular formula is C11H15N3O3. The number of carbonyl (C=O) groups is 2. The summed E-state index contributed by atoms with van der Waals surface area (Å²) in [5.74, 6) is 0.483.